The van der Waals surface area contributed by atoms with E-state index in [0.717, 1.165) is 69.8 Å². The molecule has 0 spiro atoms. The first kappa shape index (κ1) is 23.0. The molecule has 0 unspecified atom stereocenters. The van der Waals surface area contributed by atoms with Crippen molar-refractivity contribution < 1.29 is 13.6 Å². The van der Waals surface area contributed by atoms with Crippen LogP contribution in [0.25, 0.3) is 10.9 Å². The Hall–Kier alpha value is -1.13. The third kappa shape index (κ3) is 5.63. The van der Waals surface area contributed by atoms with Gasteiger partial charge in [-0.1, -0.05) is 50.2 Å². The minimum absolute atomic E-state index is 0.0243. The van der Waals surface area contributed by atoms with Crippen LogP contribution in [-0.4, -0.2) is 42.1 Å². The summed E-state index contributed by atoms with van der Waals surface area (Å²) in [5.74, 6) is 0. The number of aromatic nitrogens is 1. The zero-order valence-corrected chi connectivity index (χ0v) is 20.4. The standard InChI is InChI=1S/C25H39N2O3P/c1-20-14-15-25-24(18-20)21(16-17-26(2)3)19-27(25)31(28,29-22-10-6-4-7-11-22)30-23-12-8-5-9-13-23/h14-15,18-19,22-23H,4-13,16-17H2,1-3H3. The van der Waals surface area contributed by atoms with E-state index in [1.165, 1.54) is 29.4 Å². The molecule has 4 rings (SSSR count). The predicted molar refractivity (Wildman–Crippen MR) is 128 cm³/mol. The Balaban J connectivity index is 1.72. The Labute approximate surface area is 187 Å². The maximum absolute atomic E-state index is 14.5. The molecule has 0 N–H and O–H groups in total. The van der Waals surface area contributed by atoms with Crippen LogP contribution in [0.3, 0.4) is 0 Å². The number of benzene rings is 1. The molecule has 2 saturated carbocycles. The number of nitrogens with zero attached hydrogens (tertiary/aromatic N) is 2. The molecule has 172 valence electrons. The number of fused-ring (bicyclic) bond motifs is 1. The summed E-state index contributed by atoms with van der Waals surface area (Å²) in [6.45, 7) is 3.06. The first-order valence-electron chi connectivity index (χ1n) is 12.2. The van der Waals surface area contributed by atoms with E-state index in [1.807, 2.05) is 4.34 Å². The minimum Gasteiger partial charge on any atom is -0.309 e. The summed E-state index contributed by atoms with van der Waals surface area (Å²) in [4.78, 5) is 2.19. The summed E-state index contributed by atoms with van der Waals surface area (Å²) >= 11 is 0. The minimum atomic E-state index is -3.49. The van der Waals surface area contributed by atoms with Gasteiger partial charge in [0.05, 0.1) is 17.7 Å². The molecule has 2 aromatic rings. The first-order valence-corrected chi connectivity index (χ1v) is 13.7. The van der Waals surface area contributed by atoms with Gasteiger partial charge in [-0.3, -0.25) is 13.4 Å². The Morgan fingerprint density at radius 3 is 2.10 bits per heavy atom. The van der Waals surface area contributed by atoms with E-state index >= 15 is 0 Å². The summed E-state index contributed by atoms with van der Waals surface area (Å²) in [5.41, 5.74) is 3.40. The van der Waals surface area contributed by atoms with Crippen molar-refractivity contribution in [3.63, 3.8) is 0 Å². The summed E-state index contributed by atoms with van der Waals surface area (Å²) in [6, 6.07) is 6.40. The maximum atomic E-state index is 14.5. The van der Waals surface area contributed by atoms with Gasteiger partial charge in [-0.25, -0.2) is 4.57 Å². The molecule has 6 heteroatoms. The van der Waals surface area contributed by atoms with Crippen LogP contribution in [0.2, 0.25) is 0 Å². The fraction of sp³-hybridized carbons (Fsp3) is 0.680. The lowest BCUT2D eigenvalue weighted by molar-refractivity contribution is 0.0752. The van der Waals surface area contributed by atoms with Gasteiger partial charge in [0, 0.05) is 18.1 Å². The van der Waals surface area contributed by atoms with E-state index in [4.69, 9.17) is 9.05 Å². The fourth-order valence-electron chi connectivity index (χ4n) is 4.98. The molecule has 0 bridgehead atoms. The average molecular weight is 447 g/mol. The van der Waals surface area contributed by atoms with Crippen LogP contribution in [-0.2, 0) is 20.0 Å². The molecule has 31 heavy (non-hydrogen) atoms. The number of rotatable bonds is 8. The molecule has 5 nitrogen and oxygen atoms in total. The monoisotopic (exact) mass is 446 g/mol. The van der Waals surface area contributed by atoms with E-state index in [0.29, 0.717) is 0 Å². The molecule has 2 fully saturated rings. The van der Waals surface area contributed by atoms with Crippen molar-refractivity contribution in [2.75, 3.05) is 20.6 Å². The van der Waals surface area contributed by atoms with Crippen LogP contribution in [0, 0.1) is 6.92 Å². The van der Waals surface area contributed by atoms with Gasteiger partial charge in [-0.15, -0.1) is 0 Å². The van der Waals surface area contributed by atoms with Gasteiger partial charge < -0.3 is 4.90 Å². The largest absolute Gasteiger partial charge is 0.439 e. The number of likely N-dealkylation sites (N-methyl/N-ethyl adjacent to an activating group) is 1. The highest BCUT2D eigenvalue weighted by Crippen LogP contribution is 2.56. The van der Waals surface area contributed by atoms with Crippen LogP contribution in [0.15, 0.2) is 24.4 Å². The highest BCUT2D eigenvalue weighted by Gasteiger charge is 2.37. The van der Waals surface area contributed by atoms with E-state index in [2.05, 4.69) is 50.3 Å². The van der Waals surface area contributed by atoms with Crippen LogP contribution < -0.4 is 0 Å². The second-order valence-corrected chi connectivity index (χ2v) is 11.6. The third-order valence-electron chi connectivity index (χ3n) is 6.78. The summed E-state index contributed by atoms with van der Waals surface area (Å²) in [6.07, 6.45) is 14.0. The second kappa shape index (κ2) is 10.2. The van der Waals surface area contributed by atoms with E-state index in [-0.39, 0.29) is 12.2 Å². The lowest BCUT2D eigenvalue weighted by Gasteiger charge is -2.31. The zero-order chi connectivity index (χ0) is 21.8. The molecular formula is C25H39N2O3P. The summed E-state index contributed by atoms with van der Waals surface area (Å²) in [7, 11) is 0.689. The van der Waals surface area contributed by atoms with Gasteiger partial charge >= 0.3 is 7.75 Å². The number of aryl methyl sites for hydroxylation is 1. The molecule has 0 atom stereocenters. The Kier molecular flexibility index (Phi) is 7.59. The van der Waals surface area contributed by atoms with Crippen LogP contribution in [0.4, 0.5) is 0 Å². The lowest BCUT2D eigenvalue weighted by Crippen LogP contribution is -2.22. The lowest BCUT2D eigenvalue weighted by atomic mass is 9.98. The van der Waals surface area contributed by atoms with Crippen LogP contribution in [0.5, 0.6) is 0 Å². The van der Waals surface area contributed by atoms with E-state index < -0.39 is 7.75 Å². The smallest absolute Gasteiger partial charge is 0.309 e. The molecule has 0 radical (unpaired) electrons. The van der Waals surface area contributed by atoms with Crippen LogP contribution >= 0.6 is 7.75 Å². The van der Waals surface area contributed by atoms with Crippen molar-refractivity contribution in [3.8, 4) is 0 Å². The van der Waals surface area contributed by atoms with Gasteiger partial charge in [0.25, 0.3) is 0 Å². The molecule has 1 aromatic carbocycles. The van der Waals surface area contributed by atoms with E-state index in [1.54, 1.807) is 0 Å². The zero-order valence-electron chi connectivity index (χ0n) is 19.5. The van der Waals surface area contributed by atoms with Crippen molar-refractivity contribution in [2.45, 2.75) is 89.8 Å². The van der Waals surface area contributed by atoms with Gasteiger partial charge in [0.15, 0.2) is 0 Å². The van der Waals surface area contributed by atoms with Gasteiger partial charge in [-0.2, -0.15) is 0 Å². The predicted octanol–water partition coefficient (Wildman–Crippen LogP) is 6.71. The van der Waals surface area contributed by atoms with Crippen molar-refractivity contribution in [1.82, 2.24) is 9.24 Å². The Morgan fingerprint density at radius 1 is 0.968 bits per heavy atom. The quantitative estimate of drug-likeness (QED) is 0.423. The number of hydrogen-bond donors (Lipinski definition) is 0. The number of hydrogen-bond acceptors (Lipinski definition) is 4. The molecule has 1 aromatic heterocycles. The highest BCUT2D eigenvalue weighted by molar-refractivity contribution is 7.52. The van der Waals surface area contributed by atoms with Crippen molar-refractivity contribution in [2.24, 2.45) is 0 Å². The van der Waals surface area contributed by atoms with Crippen molar-refractivity contribution >= 4 is 18.6 Å². The summed E-state index contributed by atoms with van der Waals surface area (Å²) in [5, 5.41) is 1.17. The molecular weight excluding hydrogens is 407 g/mol. The van der Waals surface area contributed by atoms with Gasteiger partial charge in [-0.05, 0) is 70.8 Å². The van der Waals surface area contributed by atoms with Crippen molar-refractivity contribution in [1.29, 1.82) is 0 Å². The molecule has 1 heterocycles. The normalized spacial score (nSPS) is 19.5. The summed E-state index contributed by atoms with van der Waals surface area (Å²) < 4.78 is 29.2. The third-order valence-corrected chi connectivity index (χ3v) is 8.77. The fourth-order valence-corrected chi connectivity index (χ4v) is 7.13. The van der Waals surface area contributed by atoms with Gasteiger partial charge in [0.1, 0.15) is 0 Å². The Bertz CT molecular complexity index is 887. The molecule has 0 amide bonds. The van der Waals surface area contributed by atoms with Gasteiger partial charge in [0.2, 0.25) is 0 Å². The molecule has 2 aliphatic rings. The molecule has 0 saturated heterocycles. The SMILES string of the molecule is Cc1ccc2c(c1)c(CCN(C)C)cn2P(=O)(OC1CCCCC1)OC1CCCCC1. The highest BCUT2D eigenvalue weighted by atomic mass is 31.2. The van der Waals surface area contributed by atoms with E-state index in [9.17, 15) is 4.57 Å². The Morgan fingerprint density at radius 2 is 1.55 bits per heavy atom. The average Bonchev–Trinajstić information content (AvgIpc) is 3.12. The molecule has 0 aliphatic heterocycles. The molecule has 2 aliphatic carbocycles. The maximum Gasteiger partial charge on any atom is 0.439 e. The van der Waals surface area contributed by atoms with Crippen LogP contribution in [0.1, 0.15) is 75.3 Å². The first-order chi connectivity index (χ1) is 14.9. The van der Waals surface area contributed by atoms with Crippen molar-refractivity contribution in [3.05, 3.63) is 35.5 Å². The second-order valence-electron chi connectivity index (χ2n) is 9.77. The topological polar surface area (TPSA) is 43.7 Å².